The number of hydrogen-bond donors (Lipinski definition) is 2. The summed E-state index contributed by atoms with van der Waals surface area (Å²) in [4.78, 5) is 11.7. The topological polar surface area (TPSA) is 76.7 Å². The maximum atomic E-state index is 13.2. The number of aryl methyl sites for hydroxylation is 1. The van der Waals surface area contributed by atoms with Gasteiger partial charge in [0, 0.05) is 0 Å². The van der Waals surface area contributed by atoms with Crippen LogP contribution in [0.5, 0.6) is 0 Å². The van der Waals surface area contributed by atoms with E-state index in [1.165, 1.54) is 12.4 Å². The molecule has 0 unspecified atom stereocenters. The number of nitrogens with one attached hydrogen (secondary N) is 1. The van der Waals surface area contributed by atoms with Crippen LogP contribution in [0.2, 0.25) is 0 Å². The summed E-state index contributed by atoms with van der Waals surface area (Å²) in [6, 6.07) is 4.90. The Kier molecular flexibility index (Phi) is 2.55. The third-order valence-corrected chi connectivity index (χ3v) is 3.08. The fraction of sp³-hybridized carbons (Fsp3) is 0.250. The largest absolute Gasteiger partial charge is 0.368 e. The third kappa shape index (κ3) is 1.97. The number of halogens is 1. The number of fused-ring (bicyclic) bond motifs is 1. The normalized spacial score (nSPS) is 17.5. The van der Waals surface area contributed by atoms with Crippen LogP contribution >= 0.6 is 0 Å². The van der Waals surface area contributed by atoms with Gasteiger partial charge in [-0.25, -0.2) is 14.4 Å². The second-order valence-corrected chi connectivity index (χ2v) is 4.25. The smallest absolute Gasteiger partial charge is 0.227 e. The van der Waals surface area contributed by atoms with E-state index in [1.54, 1.807) is 6.07 Å². The number of nitrogens with zero attached hydrogens (tertiary/aromatic N) is 3. The highest BCUT2D eigenvalue weighted by molar-refractivity contribution is 5.41. The SMILES string of the molecule is Nc1ncnc(N[C@H]2CCc3ccc(F)cc32)n1. The van der Waals surface area contributed by atoms with E-state index in [1.807, 2.05) is 6.07 Å². The molecule has 0 spiro atoms. The zero-order valence-corrected chi connectivity index (χ0v) is 9.60. The fourth-order valence-corrected chi connectivity index (χ4v) is 2.26. The van der Waals surface area contributed by atoms with Crippen LogP contribution in [0.4, 0.5) is 16.3 Å². The van der Waals surface area contributed by atoms with Crippen molar-refractivity contribution in [1.29, 1.82) is 0 Å². The van der Waals surface area contributed by atoms with Crippen molar-refractivity contribution in [2.45, 2.75) is 18.9 Å². The zero-order valence-electron chi connectivity index (χ0n) is 9.60. The summed E-state index contributed by atoms with van der Waals surface area (Å²) in [5.41, 5.74) is 7.62. The van der Waals surface area contributed by atoms with E-state index in [9.17, 15) is 4.39 Å². The van der Waals surface area contributed by atoms with Gasteiger partial charge in [-0.2, -0.15) is 4.98 Å². The van der Waals surface area contributed by atoms with Gasteiger partial charge < -0.3 is 11.1 Å². The second-order valence-electron chi connectivity index (χ2n) is 4.25. The van der Waals surface area contributed by atoms with Crippen molar-refractivity contribution in [2.75, 3.05) is 11.1 Å². The minimum Gasteiger partial charge on any atom is -0.368 e. The summed E-state index contributed by atoms with van der Waals surface area (Å²) in [6.07, 6.45) is 3.17. The van der Waals surface area contributed by atoms with E-state index in [4.69, 9.17) is 5.73 Å². The van der Waals surface area contributed by atoms with Crippen LogP contribution in [0.1, 0.15) is 23.6 Å². The molecule has 1 aliphatic carbocycles. The molecule has 1 aromatic heterocycles. The van der Waals surface area contributed by atoms with Gasteiger partial charge >= 0.3 is 0 Å². The van der Waals surface area contributed by atoms with Crippen molar-refractivity contribution < 1.29 is 4.39 Å². The fourth-order valence-electron chi connectivity index (χ4n) is 2.26. The Labute approximate surface area is 103 Å². The van der Waals surface area contributed by atoms with Crippen molar-refractivity contribution in [1.82, 2.24) is 15.0 Å². The Hall–Kier alpha value is -2.24. The molecule has 0 saturated carbocycles. The standard InChI is InChI=1S/C12H12FN5/c13-8-3-1-7-2-4-10(9(7)5-8)17-12-16-6-15-11(14)18-12/h1,3,5-6,10H,2,4H2,(H3,14,15,16,17,18)/t10-/m0/s1. The molecule has 3 rings (SSSR count). The molecular formula is C12H12FN5. The first-order valence-electron chi connectivity index (χ1n) is 5.72. The van der Waals surface area contributed by atoms with Gasteiger partial charge in [0.25, 0.3) is 0 Å². The van der Waals surface area contributed by atoms with Crippen molar-refractivity contribution in [3.63, 3.8) is 0 Å². The van der Waals surface area contributed by atoms with E-state index >= 15 is 0 Å². The van der Waals surface area contributed by atoms with Gasteiger partial charge in [-0.3, -0.25) is 0 Å². The number of nitrogens with two attached hydrogens (primary N) is 1. The summed E-state index contributed by atoms with van der Waals surface area (Å²) in [7, 11) is 0. The van der Waals surface area contributed by atoms with E-state index < -0.39 is 0 Å². The van der Waals surface area contributed by atoms with E-state index in [0.29, 0.717) is 5.95 Å². The molecule has 1 heterocycles. The lowest BCUT2D eigenvalue weighted by Crippen LogP contribution is -2.11. The molecule has 6 heteroatoms. The van der Waals surface area contributed by atoms with Gasteiger partial charge in [0.1, 0.15) is 12.1 Å². The quantitative estimate of drug-likeness (QED) is 0.842. The predicted octanol–water partition coefficient (Wildman–Crippen LogP) is 1.69. The average molecular weight is 245 g/mol. The number of aromatic nitrogens is 3. The molecule has 0 bridgehead atoms. The average Bonchev–Trinajstić information content (AvgIpc) is 2.72. The molecule has 1 aliphatic rings. The predicted molar refractivity (Wildman–Crippen MR) is 65.3 cm³/mol. The molecule has 1 atom stereocenters. The van der Waals surface area contributed by atoms with E-state index in [2.05, 4.69) is 20.3 Å². The van der Waals surface area contributed by atoms with Crippen molar-refractivity contribution in [3.05, 3.63) is 41.5 Å². The Morgan fingerprint density at radius 2 is 2.22 bits per heavy atom. The monoisotopic (exact) mass is 245 g/mol. The van der Waals surface area contributed by atoms with Crippen molar-refractivity contribution in [3.8, 4) is 0 Å². The minimum atomic E-state index is -0.224. The van der Waals surface area contributed by atoms with E-state index in [-0.39, 0.29) is 17.8 Å². The molecule has 0 amide bonds. The first-order valence-corrected chi connectivity index (χ1v) is 5.72. The lowest BCUT2D eigenvalue weighted by molar-refractivity contribution is 0.623. The molecule has 92 valence electrons. The molecule has 18 heavy (non-hydrogen) atoms. The van der Waals surface area contributed by atoms with Crippen LogP contribution in [-0.2, 0) is 6.42 Å². The lowest BCUT2D eigenvalue weighted by atomic mass is 10.1. The first kappa shape index (κ1) is 10.9. The molecule has 0 saturated heterocycles. The summed E-state index contributed by atoms with van der Waals surface area (Å²) in [6.45, 7) is 0. The summed E-state index contributed by atoms with van der Waals surface area (Å²) in [5, 5.41) is 3.16. The maximum Gasteiger partial charge on any atom is 0.227 e. The first-order chi connectivity index (χ1) is 8.72. The van der Waals surface area contributed by atoms with Crippen LogP contribution in [0.25, 0.3) is 0 Å². The lowest BCUT2D eigenvalue weighted by Gasteiger charge is -2.13. The number of benzene rings is 1. The molecule has 3 N–H and O–H groups in total. The number of rotatable bonds is 2. The highest BCUT2D eigenvalue weighted by Crippen LogP contribution is 2.33. The van der Waals surface area contributed by atoms with E-state index in [0.717, 1.165) is 24.0 Å². The van der Waals surface area contributed by atoms with Crippen LogP contribution < -0.4 is 11.1 Å². The van der Waals surface area contributed by atoms with Crippen LogP contribution in [0, 0.1) is 5.82 Å². The highest BCUT2D eigenvalue weighted by Gasteiger charge is 2.23. The number of hydrogen-bond acceptors (Lipinski definition) is 5. The Balaban J connectivity index is 1.86. The molecule has 1 aromatic carbocycles. The highest BCUT2D eigenvalue weighted by atomic mass is 19.1. The molecular weight excluding hydrogens is 233 g/mol. The molecule has 0 fully saturated rings. The van der Waals surface area contributed by atoms with Crippen LogP contribution in [-0.4, -0.2) is 15.0 Å². The van der Waals surface area contributed by atoms with Crippen LogP contribution in [0.15, 0.2) is 24.5 Å². The van der Waals surface area contributed by atoms with Gasteiger partial charge in [0.2, 0.25) is 11.9 Å². The zero-order chi connectivity index (χ0) is 12.5. The minimum absolute atomic E-state index is 0.0255. The van der Waals surface area contributed by atoms with Crippen molar-refractivity contribution in [2.24, 2.45) is 0 Å². The molecule has 0 radical (unpaired) electrons. The maximum absolute atomic E-state index is 13.2. The van der Waals surface area contributed by atoms with Crippen LogP contribution in [0.3, 0.4) is 0 Å². The number of anilines is 2. The molecule has 0 aliphatic heterocycles. The third-order valence-electron chi connectivity index (χ3n) is 3.08. The Morgan fingerprint density at radius 1 is 1.33 bits per heavy atom. The Bertz CT molecular complexity index is 586. The van der Waals surface area contributed by atoms with Gasteiger partial charge in [0.05, 0.1) is 6.04 Å². The summed E-state index contributed by atoms with van der Waals surface area (Å²) >= 11 is 0. The Morgan fingerprint density at radius 3 is 3.06 bits per heavy atom. The molecule has 2 aromatic rings. The molecule has 5 nitrogen and oxygen atoms in total. The van der Waals surface area contributed by atoms with Gasteiger partial charge in [-0.05, 0) is 36.1 Å². The van der Waals surface area contributed by atoms with Gasteiger partial charge in [-0.1, -0.05) is 6.07 Å². The van der Waals surface area contributed by atoms with Gasteiger partial charge in [0.15, 0.2) is 0 Å². The summed E-state index contributed by atoms with van der Waals surface area (Å²) < 4.78 is 13.2. The second kappa shape index (κ2) is 4.21. The summed E-state index contributed by atoms with van der Waals surface area (Å²) in [5.74, 6) is 0.368. The number of nitrogen functional groups attached to an aromatic ring is 1. The van der Waals surface area contributed by atoms with Crippen molar-refractivity contribution >= 4 is 11.9 Å². The van der Waals surface area contributed by atoms with Gasteiger partial charge in [-0.15, -0.1) is 0 Å².